The first-order valence-electron chi connectivity index (χ1n) is 10.1. The lowest BCUT2D eigenvalue weighted by atomic mass is 10.0. The largest absolute Gasteiger partial charge is 0.355 e. The SMILES string of the molecule is CCn1c(SCC(=O)NCCc2ccc(C(C)C)cc2)nnc1-c1ccccc1. The standard InChI is InChI=1S/C23H28N4OS/c1-4-27-22(20-8-6-5-7-9-20)25-26-23(27)29-16-21(28)24-15-14-18-10-12-19(13-11-18)17(2)3/h5-13,17H,4,14-16H2,1-3H3,(H,24,28). The smallest absolute Gasteiger partial charge is 0.230 e. The maximum absolute atomic E-state index is 12.2. The molecule has 6 heteroatoms. The molecule has 0 unspecified atom stereocenters. The van der Waals surface area contributed by atoms with Gasteiger partial charge in [0.15, 0.2) is 11.0 Å². The number of benzene rings is 2. The van der Waals surface area contributed by atoms with Crippen LogP contribution in [0, 0.1) is 0 Å². The van der Waals surface area contributed by atoms with E-state index in [1.165, 1.54) is 22.9 Å². The second kappa shape index (κ2) is 10.3. The van der Waals surface area contributed by atoms with Crippen LogP contribution in [0.3, 0.4) is 0 Å². The van der Waals surface area contributed by atoms with E-state index in [0.717, 1.165) is 29.5 Å². The van der Waals surface area contributed by atoms with Gasteiger partial charge in [0.25, 0.3) is 0 Å². The lowest BCUT2D eigenvalue weighted by Gasteiger charge is -2.09. The van der Waals surface area contributed by atoms with Crippen molar-refractivity contribution in [2.45, 2.75) is 44.8 Å². The third-order valence-electron chi connectivity index (χ3n) is 4.78. The Balaban J connectivity index is 1.49. The number of rotatable bonds is 9. The molecule has 29 heavy (non-hydrogen) atoms. The minimum absolute atomic E-state index is 0.0146. The molecule has 0 aliphatic carbocycles. The molecule has 0 radical (unpaired) electrons. The van der Waals surface area contributed by atoms with Crippen molar-refractivity contribution in [1.29, 1.82) is 0 Å². The van der Waals surface area contributed by atoms with Crippen molar-refractivity contribution in [2.75, 3.05) is 12.3 Å². The van der Waals surface area contributed by atoms with Crippen molar-refractivity contribution < 1.29 is 4.79 Å². The Kier molecular flexibility index (Phi) is 7.47. The van der Waals surface area contributed by atoms with Crippen LogP contribution in [0.25, 0.3) is 11.4 Å². The van der Waals surface area contributed by atoms with Crippen LogP contribution < -0.4 is 5.32 Å². The molecular formula is C23H28N4OS. The average molecular weight is 409 g/mol. The van der Waals surface area contributed by atoms with Gasteiger partial charge in [-0.15, -0.1) is 10.2 Å². The maximum atomic E-state index is 12.2. The van der Waals surface area contributed by atoms with Gasteiger partial charge >= 0.3 is 0 Å². The number of carbonyl (C=O) groups excluding carboxylic acids is 1. The molecule has 1 amide bonds. The number of aromatic nitrogens is 3. The molecular weight excluding hydrogens is 380 g/mol. The van der Waals surface area contributed by atoms with Crippen molar-refractivity contribution in [3.63, 3.8) is 0 Å². The van der Waals surface area contributed by atoms with Gasteiger partial charge in [-0.3, -0.25) is 4.79 Å². The van der Waals surface area contributed by atoms with Gasteiger partial charge in [-0.05, 0) is 30.4 Å². The van der Waals surface area contributed by atoms with Crippen LogP contribution >= 0.6 is 11.8 Å². The zero-order valence-corrected chi connectivity index (χ0v) is 18.1. The highest BCUT2D eigenvalue weighted by Gasteiger charge is 2.14. The summed E-state index contributed by atoms with van der Waals surface area (Å²) in [5.74, 6) is 1.72. The van der Waals surface area contributed by atoms with Crippen molar-refractivity contribution in [3.8, 4) is 11.4 Å². The van der Waals surface area contributed by atoms with Gasteiger partial charge < -0.3 is 9.88 Å². The Labute approximate surface area is 176 Å². The van der Waals surface area contributed by atoms with Crippen molar-refractivity contribution in [1.82, 2.24) is 20.1 Å². The zero-order valence-electron chi connectivity index (χ0n) is 17.3. The predicted octanol–water partition coefficient (Wildman–Crippen LogP) is 4.54. The summed E-state index contributed by atoms with van der Waals surface area (Å²) in [6, 6.07) is 18.6. The van der Waals surface area contributed by atoms with E-state index in [1.54, 1.807) is 0 Å². The van der Waals surface area contributed by atoms with Crippen LogP contribution in [-0.4, -0.2) is 33.0 Å². The fourth-order valence-corrected chi connectivity index (χ4v) is 3.91. The molecule has 1 aromatic heterocycles. The first-order valence-corrected chi connectivity index (χ1v) is 11.0. The van der Waals surface area contributed by atoms with Gasteiger partial charge in [0.1, 0.15) is 0 Å². The molecule has 0 saturated heterocycles. The summed E-state index contributed by atoms with van der Waals surface area (Å²) in [6.07, 6.45) is 0.831. The van der Waals surface area contributed by atoms with Crippen LogP contribution in [0.1, 0.15) is 37.8 Å². The number of nitrogens with zero attached hydrogens (tertiary/aromatic N) is 3. The molecule has 0 aliphatic heterocycles. The highest BCUT2D eigenvalue weighted by Crippen LogP contribution is 2.23. The number of hydrogen-bond acceptors (Lipinski definition) is 4. The molecule has 0 atom stereocenters. The van der Waals surface area contributed by atoms with Crippen LogP contribution in [0.2, 0.25) is 0 Å². The minimum Gasteiger partial charge on any atom is -0.355 e. The van der Waals surface area contributed by atoms with Crippen LogP contribution in [0.15, 0.2) is 59.8 Å². The lowest BCUT2D eigenvalue weighted by molar-refractivity contribution is -0.118. The molecule has 0 saturated carbocycles. The van der Waals surface area contributed by atoms with E-state index < -0.39 is 0 Å². The van der Waals surface area contributed by atoms with Crippen LogP contribution in [0.5, 0.6) is 0 Å². The third-order valence-corrected chi connectivity index (χ3v) is 5.75. The summed E-state index contributed by atoms with van der Waals surface area (Å²) in [4.78, 5) is 12.2. The Morgan fingerprint density at radius 3 is 2.45 bits per heavy atom. The van der Waals surface area contributed by atoms with Gasteiger partial charge in [0.2, 0.25) is 5.91 Å². The summed E-state index contributed by atoms with van der Waals surface area (Å²) in [5.41, 5.74) is 3.60. The fraction of sp³-hybridized carbons (Fsp3) is 0.348. The monoisotopic (exact) mass is 408 g/mol. The quantitative estimate of drug-likeness (QED) is 0.528. The summed E-state index contributed by atoms with van der Waals surface area (Å²) < 4.78 is 2.05. The number of nitrogens with one attached hydrogen (secondary N) is 1. The maximum Gasteiger partial charge on any atom is 0.230 e. The molecule has 1 heterocycles. The highest BCUT2D eigenvalue weighted by atomic mass is 32.2. The molecule has 0 fully saturated rings. The molecule has 1 N–H and O–H groups in total. The van der Waals surface area contributed by atoms with Gasteiger partial charge in [-0.1, -0.05) is 80.2 Å². The predicted molar refractivity (Wildman–Crippen MR) is 119 cm³/mol. The number of thioether (sulfide) groups is 1. The summed E-state index contributed by atoms with van der Waals surface area (Å²) in [7, 11) is 0. The average Bonchev–Trinajstić information content (AvgIpc) is 3.16. The van der Waals surface area contributed by atoms with E-state index in [9.17, 15) is 4.79 Å². The minimum atomic E-state index is 0.0146. The molecule has 152 valence electrons. The van der Waals surface area contributed by atoms with Gasteiger partial charge in [-0.2, -0.15) is 0 Å². The van der Waals surface area contributed by atoms with Crippen molar-refractivity contribution in [3.05, 3.63) is 65.7 Å². The van der Waals surface area contributed by atoms with Gasteiger partial charge in [-0.25, -0.2) is 0 Å². The van der Waals surface area contributed by atoms with Crippen LogP contribution in [0.4, 0.5) is 0 Å². The van der Waals surface area contributed by atoms with Gasteiger partial charge in [0.05, 0.1) is 5.75 Å². The molecule has 3 rings (SSSR count). The Morgan fingerprint density at radius 2 is 1.79 bits per heavy atom. The molecule has 3 aromatic rings. The molecule has 5 nitrogen and oxygen atoms in total. The topological polar surface area (TPSA) is 59.8 Å². The number of hydrogen-bond donors (Lipinski definition) is 1. The fourth-order valence-electron chi connectivity index (χ4n) is 3.08. The summed E-state index contributed by atoms with van der Waals surface area (Å²) in [6.45, 7) is 7.83. The molecule has 0 spiro atoms. The first kappa shape index (κ1) is 21.1. The Bertz CT molecular complexity index is 920. The Hall–Kier alpha value is -2.60. The second-order valence-electron chi connectivity index (χ2n) is 7.20. The van der Waals surface area contributed by atoms with E-state index in [-0.39, 0.29) is 5.91 Å². The Morgan fingerprint density at radius 1 is 1.07 bits per heavy atom. The summed E-state index contributed by atoms with van der Waals surface area (Å²) in [5, 5.41) is 12.4. The molecule has 0 aliphatic rings. The highest BCUT2D eigenvalue weighted by molar-refractivity contribution is 7.99. The zero-order chi connectivity index (χ0) is 20.6. The van der Waals surface area contributed by atoms with E-state index in [0.29, 0.717) is 18.2 Å². The van der Waals surface area contributed by atoms with Crippen molar-refractivity contribution in [2.24, 2.45) is 0 Å². The number of amides is 1. The van der Waals surface area contributed by atoms with E-state index >= 15 is 0 Å². The molecule has 2 aromatic carbocycles. The normalized spacial score (nSPS) is 11.0. The number of carbonyl (C=O) groups is 1. The van der Waals surface area contributed by atoms with E-state index in [1.807, 2.05) is 34.9 Å². The van der Waals surface area contributed by atoms with Gasteiger partial charge in [0, 0.05) is 18.7 Å². The molecule has 0 bridgehead atoms. The van der Waals surface area contributed by atoms with E-state index in [2.05, 4.69) is 60.6 Å². The van der Waals surface area contributed by atoms with E-state index in [4.69, 9.17) is 0 Å². The lowest BCUT2D eigenvalue weighted by Crippen LogP contribution is -2.27. The third kappa shape index (κ3) is 5.70. The first-order chi connectivity index (χ1) is 14.1. The van der Waals surface area contributed by atoms with Crippen LogP contribution in [-0.2, 0) is 17.8 Å². The summed E-state index contributed by atoms with van der Waals surface area (Å²) >= 11 is 1.42. The van der Waals surface area contributed by atoms with Crippen molar-refractivity contribution >= 4 is 17.7 Å². The second-order valence-corrected chi connectivity index (χ2v) is 8.14.